The number of rotatable bonds is 5. The summed E-state index contributed by atoms with van der Waals surface area (Å²) in [6.45, 7) is 4.53. The van der Waals surface area contributed by atoms with Crippen LogP contribution in [0.5, 0.6) is 0 Å². The molecule has 2 heteroatoms. The molecule has 3 unspecified atom stereocenters. The third kappa shape index (κ3) is 3.49. The second kappa shape index (κ2) is 6.93. The van der Waals surface area contributed by atoms with Crippen LogP contribution in [-0.4, -0.2) is 24.0 Å². The van der Waals surface area contributed by atoms with Crippen LogP contribution in [0, 0.1) is 5.92 Å². The van der Waals surface area contributed by atoms with Gasteiger partial charge in [-0.1, -0.05) is 50.5 Å². The van der Waals surface area contributed by atoms with Crippen molar-refractivity contribution in [3.05, 3.63) is 35.4 Å². The number of aryl methyl sites for hydroxylation is 1. The van der Waals surface area contributed by atoms with Gasteiger partial charge in [-0.05, 0) is 49.3 Å². The van der Waals surface area contributed by atoms with Crippen molar-refractivity contribution in [1.82, 2.24) is 4.90 Å². The van der Waals surface area contributed by atoms with Gasteiger partial charge in [-0.3, -0.25) is 4.90 Å². The van der Waals surface area contributed by atoms with E-state index in [9.17, 15) is 0 Å². The van der Waals surface area contributed by atoms with Crippen molar-refractivity contribution in [2.45, 2.75) is 64.0 Å². The number of nitrogens with zero attached hydrogens (tertiary/aromatic N) is 1. The van der Waals surface area contributed by atoms with Crippen LogP contribution in [0.25, 0.3) is 0 Å². The van der Waals surface area contributed by atoms with Gasteiger partial charge in [0, 0.05) is 18.6 Å². The molecule has 0 aromatic heterocycles. The Morgan fingerprint density at radius 3 is 2.67 bits per heavy atom. The minimum Gasteiger partial charge on any atom is -0.323 e. The average Bonchev–Trinajstić information content (AvgIpc) is 2.92. The lowest BCUT2D eigenvalue weighted by Gasteiger charge is -2.33. The second-order valence-electron chi connectivity index (χ2n) is 6.99. The summed E-state index contributed by atoms with van der Waals surface area (Å²) in [6, 6.07) is 9.98. The molecule has 1 aromatic carbocycles. The van der Waals surface area contributed by atoms with Gasteiger partial charge in [0.2, 0.25) is 0 Å². The Kier molecular flexibility index (Phi) is 4.97. The monoisotopic (exact) mass is 286 g/mol. The zero-order chi connectivity index (χ0) is 14.7. The zero-order valence-corrected chi connectivity index (χ0v) is 13.4. The normalized spacial score (nSPS) is 27.5. The first-order chi connectivity index (χ1) is 10.3. The lowest BCUT2D eigenvalue weighted by atomic mass is 9.85. The molecule has 1 aliphatic carbocycles. The molecule has 0 spiro atoms. The molecule has 1 aliphatic heterocycles. The molecule has 3 rings (SSSR count). The molecule has 2 N–H and O–H groups in total. The summed E-state index contributed by atoms with van der Waals surface area (Å²) in [4.78, 5) is 2.68. The fourth-order valence-electron chi connectivity index (χ4n) is 4.31. The largest absolute Gasteiger partial charge is 0.323 e. The number of hydrogen-bond donors (Lipinski definition) is 1. The summed E-state index contributed by atoms with van der Waals surface area (Å²) >= 11 is 0. The van der Waals surface area contributed by atoms with Crippen LogP contribution in [0.2, 0.25) is 0 Å². The summed E-state index contributed by atoms with van der Waals surface area (Å²) in [5, 5.41) is 0. The highest BCUT2D eigenvalue weighted by Crippen LogP contribution is 2.36. The van der Waals surface area contributed by atoms with Gasteiger partial charge in [0.15, 0.2) is 0 Å². The first-order valence-electron chi connectivity index (χ1n) is 8.86. The Morgan fingerprint density at radius 2 is 1.90 bits per heavy atom. The minimum absolute atomic E-state index is 0.168. The van der Waals surface area contributed by atoms with E-state index in [0.29, 0.717) is 0 Å². The van der Waals surface area contributed by atoms with Gasteiger partial charge < -0.3 is 5.73 Å². The van der Waals surface area contributed by atoms with E-state index in [4.69, 9.17) is 5.73 Å². The lowest BCUT2D eigenvalue weighted by Crippen LogP contribution is -2.39. The summed E-state index contributed by atoms with van der Waals surface area (Å²) in [6.07, 6.45) is 9.48. The maximum absolute atomic E-state index is 6.48. The zero-order valence-electron chi connectivity index (χ0n) is 13.4. The predicted octanol–water partition coefficient (Wildman–Crippen LogP) is 3.90. The van der Waals surface area contributed by atoms with Crippen LogP contribution in [0.4, 0.5) is 0 Å². The topological polar surface area (TPSA) is 29.3 Å². The maximum atomic E-state index is 6.48. The third-order valence-corrected chi connectivity index (χ3v) is 5.50. The molecule has 1 saturated carbocycles. The standard InChI is InChI=1S/C19H30N2/c1-2-5-15-8-10-16(11-9-15)18(20)14-21-13-12-17-6-3-4-7-19(17)21/h8-11,17-19H,2-7,12-14,20H2,1H3. The molecule has 21 heavy (non-hydrogen) atoms. The van der Waals surface area contributed by atoms with Crippen LogP contribution in [0.3, 0.4) is 0 Å². The third-order valence-electron chi connectivity index (χ3n) is 5.50. The molecule has 0 bridgehead atoms. The predicted molar refractivity (Wildman–Crippen MR) is 89.3 cm³/mol. The van der Waals surface area contributed by atoms with Gasteiger partial charge >= 0.3 is 0 Å². The molecule has 116 valence electrons. The molecular formula is C19H30N2. The molecule has 0 amide bonds. The molecule has 1 aromatic rings. The van der Waals surface area contributed by atoms with Crippen LogP contribution in [-0.2, 0) is 6.42 Å². The van der Waals surface area contributed by atoms with E-state index in [1.807, 2.05) is 0 Å². The van der Waals surface area contributed by atoms with Crippen molar-refractivity contribution in [1.29, 1.82) is 0 Å². The van der Waals surface area contributed by atoms with Crippen LogP contribution in [0.1, 0.15) is 62.6 Å². The molecule has 0 radical (unpaired) electrons. The number of benzene rings is 1. The Bertz CT molecular complexity index is 439. The highest BCUT2D eigenvalue weighted by atomic mass is 15.2. The average molecular weight is 286 g/mol. The maximum Gasteiger partial charge on any atom is 0.0424 e. The highest BCUT2D eigenvalue weighted by molar-refractivity contribution is 5.25. The Morgan fingerprint density at radius 1 is 1.14 bits per heavy atom. The molecule has 1 heterocycles. The number of likely N-dealkylation sites (tertiary alicyclic amines) is 1. The van der Waals surface area contributed by atoms with Crippen molar-refractivity contribution in [2.24, 2.45) is 11.7 Å². The first-order valence-corrected chi connectivity index (χ1v) is 8.86. The van der Waals surface area contributed by atoms with Crippen molar-refractivity contribution >= 4 is 0 Å². The molecule has 3 atom stereocenters. The van der Waals surface area contributed by atoms with Crippen molar-refractivity contribution in [3.63, 3.8) is 0 Å². The first kappa shape index (κ1) is 15.1. The van der Waals surface area contributed by atoms with Crippen LogP contribution < -0.4 is 5.73 Å². The van der Waals surface area contributed by atoms with Crippen LogP contribution in [0.15, 0.2) is 24.3 Å². The van der Waals surface area contributed by atoms with E-state index in [2.05, 4.69) is 36.1 Å². The summed E-state index contributed by atoms with van der Waals surface area (Å²) in [7, 11) is 0. The van der Waals surface area contributed by atoms with Gasteiger partial charge in [-0.25, -0.2) is 0 Å². The van der Waals surface area contributed by atoms with Gasteiger partial charge in [-0.2, -0.15) is 0 Å². The molecular weight excluding hydrogens is 256 g/mol. The number of nitrogens with two attached hydrogens (primary N) is 1. The van der Waals surface area contributed by atoms with E-state index < -0.39 is 0 Å². The Balaban J connectivity index is 1.59. The summed E-state index contributed by atoms with van der Waals surface area (Å²) in [5.74, 6) is 0.956. The number of hydrogen-bond acceptors (Lipinski definition) is 2. The fraction of sp³-hybridized carbons (Fsp3) is 0.684. The van der Waals surface area contributed by atoms with E-state index in [1.165, 1.54) is 62.6 Å². The second-order valence-corrected chi connectivity index (χ2v) is 6.99. The highest BCUT2D eigenvalue weighted by Gasteiger charge is 2.35. The Hall–Kier alpha value is -0.860. The van der Waals surface area contributed by atoms with Crippen LogP contribution >= 0.6 is 0 Å². The van der Waals surface area contributed by atoms with Gasteiger partial charge in [0.25, 0.3) is 0 Å². The molecule has 2 fully saturated rings. The van der Waals surface area contributed by atoms with Gasteiger partial charge in [0.1, 0.15) is 0 Å². The molecule has 2 aliphatic rings. The SMILES string of the molecule is CCCc1ccc(C(N)CN2CCC3CCCCC32)cc1. The van der Waals surface area contributed by atoms with E-state index >= 15 is 0 Å². The summed E-state index contributed by atoms with van der Waals surface area (Å²) < 4.78 is 0. The van der Waals surface area contributed by atoms with E-state index in [-0.39, 0.29) is 6.04 Å². The Labute approximate surface area is 129 Å². The van der Waals surface area contributed by atoms with Crippen molar-refractivity contribution in [3.8, 4) is 0 Å². The quantitative estimate of drug-likeness (QED) is 0.889. The molecule has 1 saturated heterocycles. The van der Waals surface area contributed by atoms with E-state index in [1.54, 1.807) is 0 Å². The molecule has 2 nitrogen and oxygen atoms in total. The van der Waals surface area contributed by atoms with E-state index in [0.717, 1.165) is 18.5 Å². The fourth-order valence-corrected chi connectivity index (χ4v) is 4.31. The van der Waals surface area contributed by atoms with Crippen molar-refractivity contribution < 1.29 is 0 Å². The van der Waals surface area contributed by atoms with Crippen molar-refractivity contribution in [2.75, 3.05) is 13.1 Å². The summed E-state index contributed by atoms with van der Waals surface area (Å²) in [5.41, 5.74) is 9.21. The van der Waals surface area contributed by atoms with Gasteiger partial charge in [-0.15, -0.1) is 0 Å². The number of fused-ring (bicyclic) bond motifs is 1. The van der Waals surface area contributed by atoms with Gasteiger partial charge in [0.05, 0.1) is 0 Å². The minimum atomic E-state index is 0.168. The lowest BCUT2D eigenvalue weighted by molar-refractivity contribution is 0.174. The smallest absolute Gasteiger partial charge is 0.0424 e.